The largest absolute Gasteiger partial charge is 0.375 e. The molecule has 2 aliphatic heterocycles. The summed E-state index contributed by atoms with van der Waals surface area (Å²) in [6.07, 6.45) is 18.6. The molecule has 1 aromatic carbocycles. The fourth-order valence-corrected chi connectivity index (χ4v) is 6.79. The number of allylic oxidation sites excluding steroid dienone is 3. The maximum atomic E-state index is 5.79. The fourth-order valence-electron chi connectivity index (χ4n) is 6.79. The van der Waals surface area contributed by atoms with Gasteiger partial charge in [0, 0.05) is 72.5 Å². The number of nitrogens with zero attached hydrogens (tertiary/aromatic N) is 5. The zero-order chi connectivity index (χ0) is 33.0. The third-order valence-corrected chi connectivity index (χ3v) is 9.50. The highest BCUT2D eigenvalue weighted by atomic mass is 16.5. The predicted molar refractivity (Wildman–Crippen MR) is 193 cm³/mol. The molecular weight excluding hydrogens is 566 g/mol. The molecule has 242 valence electrons. The van der Waals surface area contributed by atoms with Gasteiger partial charge in [0.15, 0.2) is 0 Å². The Bertz CT molecular complexity index is 1730. The molecule has 0 spiro atoms. The van der Waals surface area contributed by atoms with Crippen molar-refractivity contribution >= 4 is 22.3 Å². The van der Waals surface area contributed by atoms with Crippen molar-refractivity contribution < 1.29 is 4.74 Å². The van der Waals surface area contributed by atoms with Gasteiger partial charge in [0.25, 0.3) is 0 Å². The van der Waals surface area contributed by atoms with Crippen LogP contribution in [0, 0.1) is 17.8 Å². The number of aromatic nitrogens is 2. The molecule has 1 unspecified atom stereocenters. The fraction of sp³-hybridized carbons (Fsp3) is 0.450. The van der Waals surface area contributed by atoms with Crippen molar-refractivity contribution in [3.63, 3.8) is 0 Å². The number of methoxy groups -OCH3 is 1. The van der Waals surface area contributed by atoms with Crippen LogP contribution < -0.4 is 0 Å². The van der Waals surface area contributed by atoms with Crippen molar-refractivity contribution in [3.8, 4) is 23.6 Å². The average molecular weight is 618 g/mol. The van der Waals surface area contributed by atoms with E-state index in [1.807, 2.05) is 12.3 Å². The van der Waals surface area contributed by atoms with Gasteiger partial charge in [-0.1, -0.05) is 32.6 Å². The van der Waals surface area contributed by atoms with Gasteiger partial charge in [-0.15, -0.1) is 12.3 Å². The second-order valence-electron chi connectivity index (χ2n) is 13.4. The molecule has 6 nitrogen and oxygen atoms in total. The van der Waals surface area contributed by atoms with Gasteiger partial charge >= 0.3 is 0 Å². The summed E-state index contributed by atoms with van der Waals surface area (Å²) in [5.41, 5.74) is 11.7. The molecule has 46 heavy (non-hydrogen) atoms. The summed E-state index contributed by atoms with van der Waals surface area (Å²) in [6, 6.07) is 11.1. The number of fused-ring (bicyclic) bond motifs is 2. The van der Waals surface area contributed by atoms with Gasteiger partial charge in [0.1, 0.15) is 0 Å². The maximum absolute atomic E-state index is 5.79. The summed E-state index contributed by atoms with van der Waals surface area (Å²) in [4.78, 5) is 9.97. The number of hydrogen-bond acceptors (Lipinski definition) is 5. The first-order valence-electron chi connectivity index (χ1n) is 16.8. The Balaban J connectivity index is 1.53. The standard InChI is InChI=1S/C40H51N5O/c1-10-13-22-40(7,8)26-35-34-25-31(36(11-2)42-28(4)18-19-29(5)44-24-15-16-32-27-45(32)44)20-21-37(34)43(12-3)39(35)33-17-14-23-41-38(33)30(6)46-9/h1,11,14,17,20-21,23,25,27,30H,5,12-13,15-16,18-19,22,24,26H2,2-4,6-9H3/b36-11-,42-28?. The smallest absolute Gasteiger partial charge is 0.0969 e. The normalized spacial score (nSPS) is 15.9. The third kappa shape index (κ3) is 7.00. The van der Waals surface area contributed by atoms with Crippen LogP contribution in [0.15, 0.2) is 71.8 Å². The van der Waals surface area contributed by atoms with E-state index in [1.54, 1.807) is 7.11 Å². The highest BCUT2D eigenvalue weighted by molar-refractivity contribution is 5.95. The van der Waals surface area contributed by atoms with Crippen molar-refractivity contribution in [2.45, 2.75) is 99.1 Å². The molecule has 1 saturated heterocycles. The number of hydrazine groups is 1. The summed E-state index contributed by atoms with van der Waals surface area (Å²) in [6.45, 7) is 19.4. The second-order valence-corrected chi connectivity index (χ2v) is 13.4. The molecule has 6 heteroatoms. The van der Waals surface area contributed by atoms with Gasteiger partial charge in [0.2, 0.25) is 0 Å². The van der Waals surface area contributed by atoms with Gasteiger partial charge in [0.05, 0.1) is 28.9 Å². The van der Waals surface area contributed by atoms with Gasteiger partial charge < -0.3 is 9.30 Å². The molecule has 5 rings (SSSR count). The van der Waals surface area contributed by atoms with Crippen LogP contribution in [0.1, 0.15) is 103 Å². The lowest BCUT2D eigenvalue weighted by Crippen LogP contribution is -2.33. The summed E-state index contributed by atoms with van der Waals surface area (Å²) >= 11 is 0. The van der Waals surface area contributed by atoms with Crippen molar-refractivity contribution in [1.29, 1.82) is 0 Å². The van der Waals surface area contributed by atoms with Gasteiger partial charge in [-0.3, -0.25) is 20.0 Å². The van der Waals surface area contributed by atoms with Crippen molar-refractivity contribution in [1.82, 2.24) is 19.6 Å². The monoisotopic (exact) mass is 617 g/mol. The zero-order valence-corrected chi connectivity index (χ0v) is 29.0. The average Bonchev–Trinajstić information content (AvgIpc) is 3.81. The van der Waals surface area contributed by atoms with Gasteiger partial charge in [-0.25, -0.2) is 0 Å². The van der Waals surface area contributed by atoms with E-state index in [2.05, 4.69) is 105 Å². The van der Waals surface area contributed by atoms with Gasteiger partial charge in [-0.05, 0) is 101 Å². The van der Waals surface area contributed by atoms with Crippen LogP contribution in [0.2, 0.25) is 0 Å². The molecule has 3 aromatic rings. The Kier molecular flexibility index (Phi) is 10.2. The van der Waals surface area contributed by atoms with E-state index in [-0.39, 0.29) is 11.5 Å². The number of aryl methyl sites for hydroxylation is 1. The predicted octanol–water partition coefficient (Wildman–Crippen LogP) is 9.70. The van der Waals surface area contributed by atoms with E-state index in [1.165, 1.54) is 40.7 Å². The van der Waals surface area contributed by atoms with Crippen LogP contribution in [0.4, 0.5) is 0 Å². The molecule has 0 aliphatic carbocycles. The Morgan fingerprint density at radius 1 is 1.26 bits per heavy atom. The Morgan fingerprint density at radius 3 is 2.78 bits per heavy atom. The number of benzene rings is 1. The summed E-state index contributed by atoms with van der Waals surface area (Å²) in [5, 5.41) is 5.84. The van der Waals surface area contributed by atoms with Crippen molar-refractivity contribution in [3.05, 3.63) is 83.6 Å². The third-order valence-electron chi connectivity index (χ3n) is 9.50. The minimum absolute atomic E-state index is 0.0153. The number of aliphatic imine (C=N–C) groups is 1. The minimum atomic E-state index is -0.130. The van der Waals surface area contributed by atoms with Crippen LogP contribution in [-0.2, 0) is 17.7 Å². The zero-order valence-electron chi connectivity index (χ0n) is 29.0. The first-order valence-corrected chi connectivity index (χ1v) is 16.8. The molecule has 2 aliphatic rings. The van der Waals surface area contributed by atoms with E-state index >= 15 is 0 Å². The molecule has 0 bridgehead atoms. The lowest BCUT2D eigenvalue weighted by molar-refractivity contribution is 0.116. The second kappa shape index (κ2) is 14.1. The van der Waals surface area contributed by atoms with E-state index in [0.29, 0.717) is 0 Å². The van der Waals surface area contributed by atoms with Crippen molar-refractivity contribution in [2.75, 3.05) is 13.7 Å². The SMILES string of the molecule is C#CCCC(C)(C)Cc1c(-c2cccnc2C(C)OC)n(CC)c2ccc(/C(=C/C)N=C(C)CCC(=C)N3CCCC4=CN43)cc12. The minimum Gasteiger partial charge on any atom is -0.375 e. The lowest BCUT2D eigenvalue weighted by atomic mass is 9.80. The molecule has 4 heterocycles. The van der Waals surface area contributed by atoms with Crippen molar-refractivity contribution in [2.24, 2.45) is 10.4 Å². The number of hydrogen-bond donors (Lipinski definition) is 0. The summed E-state index contributed by atoms with van der Waals surface area (Å²) < 4.78 is 8.23. The summed E-state index contributed by atoms with van der Waals surface area (Å²) in [7, 11) is 1.75. The first-order chi connectivity index (χ1) is 22.1. The highest BCUT2D eigenvalue weighted by Crippen LogP contribution is 2.42. The van der Waals surface area contributed by atoms with Crippen LogP contribution in [-0.4, -0.2) is 38.9 Å². The molecule has 0 radical (unpaired) electrons. The molecule has 0 N–H and O–H groups in total. The molecular formula is C40H51N5O. The van der Waals surface area contributed by atoms with E-state index in [0.717, 1.165) is 79.1 Å². The number of ether oxygens (including phenoxy) is 1. The highest BCUT2D eigenvalue weighted by Gasteiger charge is 2.32. The Morgan fingerprint density at radius 2 is 2.07 bits per heavy atom. The topological polar surface area (TPSA) is 45.7 Å². The van der Waals surface area contributed by atoms with Gasteiger partial charge in [-0.2, -0.15) is 0 Å². The van der Waals surface area contributed by atoms with Crippen LogP contribution >= 0.6 is 0 Å². The molecule has 0 saturated carbocycles. The van der Waals surface area contributed by atoms with Crippen LogP contribution in [0.3, 0.4) is 0 Å². The van der Waals surface area contributed by atoms with E-state index < -0.39 is 0 Å². The van der Waals surface area contributed by atoms with E-state index in [4.69, 9.17) is 21.1 Å². The Hall–Kier alpha value is -4.08. The number of pyridine rings is 1. The molecule has 1 fully saturated rings. The van der Waals surface area contributed by atoms with Crippen LogP contribution in [0.5, 0.6) is 0 Å². The van der Waals surface area contributed by atoms with Crippen LogP contribution in [0.25, 0.3) is 27.9 Å². The quantitative estimate of drug-likeness (QED) is 0.133. The lowest BCUT2D eigenvalue weighted by Gasteiger charge is -2.32. The first kappa shape index (κ1) is 33.3. The van der Waals surface area contributed by atoms with E-state index in [9.17, 15) is 0 Å². The summed E-state index contributed by atoms with van der Waals surface area (Å²) in [5.74, 6) is 2.86. The maximum Gasteiger partial charge on any atom is 0.0969 e. The number of terminal acetylenes is 1. The molecule has 0 amide bonds. The molecule has 1 atom stereocenters. The molecule has 2 aromatic heterocycles. The Labute approximate surface area is 276 Å². The number of rotatable bonds is 14.